The SMILES string of the molecule is Cc1nnc([C@@H]2CCCN(C(=O)C3CCC(C(=O)O)CC3)[C@@H]2C)o1. The molecule has 2 aliphatic rings. The molecule has 0 radical (unpaired) electrons. The second-order valence-electron chi connectivity index (χ2n) is 7.07. The molecule has 132 valence electrons. The van der Waals surface area contributed by atoms with Crippen LogP contribution in [0.3, 0.4) is 0 Å². The van der Waals surface area contributed by atoms with Gasteiger partial charge in [-0.05, 0) is 45.4 Å². The number of aliphatic carboxylic acids is 1. The van der Waals surface area contributed by atoms with Crippen LogP contribution < -0.4 is 0 Å². The number of likely N-dealkylation sites (tertiary alicyclic amines) is 1. The summed E-state index contributed by atoms with van der Waals surface area (Å²) in [5.41, 5.74) is 0. The van der Waals surface area contributed by atoms with Crippen molar-refractivity contribution in [3.8, 4) is 0 Å². The van der Waals surface area contributed by atoms with Gasteiger partial charge in [-0.2, -0.15) is 0 Å². The van der Waals surface area contributed by atoms with Crippen molar-refractivity contribution in [3.63, 3.8) is 0 Å². The number of carboxylic acids is 1. The predicted octanol–water partition coefficient (Wildman–Crippen LogP) is 2.36. The maximum atomic E-state index is 12.9. The monoisotopic (exact) mass is 335 g/mol. The largest absolute Gasteiger partial charge is 0.481 e. The molecule has 1 aromatic heterocycles. The van der Waals surface area contributed by atoms with E-state index in [2.05, 4.69) is 10.2 Å². The van der Waals surface area contributed by atoms with Crippen LogP contribution in [0, 0.1) is 18.8 Å². The van der Waals surface area contributed by atoms with Crippen LogP contribution in [0.15, 0.2) is 4.42 Å². The van der Waals surface area contributed by atoms with Gasteiger partial charge in [0.1, 0.15) is 0 Å². The average molecular weight is 335 g/mol. The Morgan fingerprint density at radius 1 is 1.12 bits per heavy atom. The van der Waals surface area contributed by atoms with Crippen molar-refractivity contribution in [1.29, 1.82) is 0 Å². The lowest BCUT2D eigenvalue weighted by Gasteiger charge is -2.40. The summed E-state index contributed by atoms with van der Waals surface area (Å²) in [6.07, 6.45) is 4.40. The normalized spacial score (nSPS) is 31.0. The third-order valence-electron chi connectivity index (χ3n) is 5.56. The van der Waals surface area contributed by atoms with Crippen LogP contribution in [0.2, 0.25) is 0 Å². The first-order chi connectivity index (χ1) is 11.5. The highest BCUT2D eigenvalue weighted by atomic mass is 16.4. The number of piperidine rings is 1. The molecular formula is C17H25N3O4. The molecule has 1 aromatic rings. The summed E-state index contributed by atoms with van der Waals surface area (Å²) in [4.78, 5) is 25.9. The van der Waals surface area contributed by atoms with E-state index in [1.165, 1.54) is 0 Å². The van der Waals surface area contributed by atoms with Crippen molar-refractivity contribution in [1.82, 2.24) is 15.1 Å². The van der Waals surface area contributed by atoms with E-state index in [-0.39, 0.29) is 29.7 Å². The molecule has 7 heteroatoms. The van der Waals surface area contributed by atoms with E-state index in [0.717, 1.165) is 19.4 Å². The van der Waals surface area contributed by atoms with E-state index >= 15 is 0 Å². The predicted molar refractivity (Wildman–Crippen MR) is 85.3 cm³/mol. The molecule has 1 aliphatic heterocycles. The van der Waals surface area contributed by atoms with Crippen molar-refractivity contribution in [2.24, 2.45) is 11.8 Å². The molecule has 7 nitrogen and oxygen atoms in total. The molecule has 1 saturated heterocycles. The Bertz CT molecular complexity index is 607. The summed E-state index contributed by atoms with van der Waals surface area (Å²) < 4.78 is 5.58. The minimum Gasteiger partial charge on any atom is -0.481 e. The molecule has 0 spiro atoms. The lowest BCUT2D eigenvalue weighted by Crippen LogP contribution is -2.49. The lowest BCUT2D eigenvalue weighted by molar-refractivity contribution is -0.147. The van der Waals surface area contributed by atoms with Gasteiger partial charge in [0.05, 0.1) is 11.8 Å². The van der Waals surface area contributed by atoms with Gasteiger partial charge < -0.3 is 14.4 Å². The molecule has 0 aromatic carbocycles. The zero-order valence-corrected chi connectivity index (χ0v) is 14.3. The molecule has 2 heterocycles. The molecule has 2 atom stereocenters. The van der Waals surface area contributed by atoms with Gasteiger partial charge in [-0.15, -0.1) is 10.2 Å². The Morgan fingerprint density at radius 3 is 2.38 bits per heavy atom. The number of hydrogen-bond acceptors (Lipinski definition) is 5. The standard InChI is InChI=1S/C17H25N3O4/c1-10-14(15-19-18-11(2)24-15)4-3-9-20(10)16(21)12-5-7-13(8-6-12)17(22)23/h10,12-14H,3-9H2,1-2H3,(H,22,23)/t10-,12?,13?,14-/m1/s1. The van der Waals surface area contributed by atoms with Gasteiger partial charge in [0.25, 0.3) is 0 Å². The lowest BCUT2D eigenvalue weighted by atomic mass is 9.80. The van der Waals surface area contributed by atoms with Crippen LogP contribution >= 0.6 is 0 Å². The van der Waals surface area contributed by atoms with E-state index in [0.29, 0.717) is 37.5 Å². The van der Waals surface area contributed by atoms with Crippen molar-refractivity contribution in [2.45, 2.75) is 64.3 Å². The molecule has 1 amide bonds. The average Bonchev–Trinajstić information content (AvgIpc) is 3.01. The number of carboxylic acid groups (broad SMARTS) is 1. The Labute approximate surface area is 141 Å². The van der Waals surface area contributed by atoms with Gasteiger partial charge in [-0.3, -0.25) is 9.59 Å². The topological polar surface area (TPSA) is 96.5 Å². The number of carbonyl (C=O) groups is 2. The van der Waals surface area contributed by atoms with Gasteiger partial charge in [0.2, 0.25) is 17.7 Å². The second kappa shape index (κ2) is 6.91. The first kappa shape index (κ1) is 16.9. The highest BCUT2D eigenvalue weighted by Crippen LogP contribution is 2.35. The second-order valence-corrected chi connectivity index (χ2v) is 7.07. The van der Waals surface area contributed by atoms with Crippen LogP contribution in [0.5, 0.6) is 0 Å². The molecule has 0 bridgehead atoms. The minimum atomic E-state index is -0.737. The van der Waals surface area contributed by atoms with Crippen LogP contribution in [0.4, 0.5) is 0 Å². The van der Waals surface area contributed by atoms with E-state index in [9.17, 15) is 9.59 Å². The molecule has 0 unspecified atom stereocenters. The van der Waals surface area contributed by atoms with Crippen LogP contribution in [0.1, 0.15) is 63.1 Å². The summed E-state index contributed by atoms with van der Waals surface area (Å²) in [5, 5.41) is 17.1. The summed E-state index contributed by atoms with van der Waals surface area (Å²) in [5.74, 6) is 0.332. The maximum absolute atomic E-state index is 12.9. The number of nitrogens with zero attached hydrogens (tertiary/aromatic N) is 3. The highest BCUT2D eigenvalue weighted by Gasteiger charge is 2.39. The summed E-state index contributed by atoms with van der Waals surface area (Å²) in [7, 11) is 0. The smallest absolute Gasteiger partial charge is 0.306 e. The molecule has 1 saturated carbocycles. The molecule has 1 N–H and O–H groups in total. The fourth-order valence-electron chi connectivity index (χ4n) is 4.07. The summed E-state index contributed by atoms with van der Waals surface area (Å²) in [6.45, 7) is 4.57. The van der Waals surface area contributed by atoms with Crippen molar-refractivity contribution in [3.05, 3.63) is 11.8 Å². The van der Waals surface area contributed by atoms with E-state index in [1.54, 1.807) is 6.92 Å². The number of carbonyl (C=O) groups excluding carboxylic acids is 1. The number of amides is 1. The van der Waals surface area contributed by atoms with Crippen LogP contribution in [-0.2, 0) is 9.59 Å². The van der Waals surface area contributed by atoms with Crippen molar-refractivity contribution >= 4 is 11.9 Å². The zero-order valence-electron chi connectivity index (χ0n) is 14.3. The molecule has 2 fully saturated rings. The van der Waals surface area contributed by atoms with E-state index < -0.39 is 5.97 Å². The van der Waals surface area contributed by atoms with Crippen molar-refractivity contribution in [2.75, 3.05) is 6.54 Å². The van der Waals surface area contributed by atoms with Gasteiger partial charge in [0, 0.05) is 25.4 Å². The van der Waals surface area contributed by atoms with E-state index in [1.807, 2.05) is 11.8 Å². The first-order valence-corrected chi connectivity index (χ1v) is 8.80. The summed E-state index contributed by atoms with van der Waals surface area (Å²) >= 11 is 0. The van der Waals surface area contributed by atoms with Gasteiger partial charge in [0.15, 0.2) is 0 Å². The quantitative estimate of drug-likeness (QED) is 0.911. The Kier molecular flexibility index (Phi) is 4.87. The Hall–Kier alpha value is -1.92. The number of rotatable bonds is 3. The van der Waals surface area contributed by atoms with Crippen LogP contribution in [0.25, 0.3) is 0 Å². The van der Waals surface area contributed by atoms with Crippen LogP contribution in [-0.4, -0.2) is 44.7 Å². The third kappa shape index (κ3) is 3.30. The third-order valence-corrected chi connectivity index (χ3v) is 5.56. The highest BCUT2D eigenvalue weighted by molar-refractivity contribution is 5.80. The van der Waals surface area contributed by atoms with Crippen molar-refractivity contribution < 1.29 is 19.1 Å². The summed E-state index contributed by atoms with van der Waals surface area (Å²) in [6, 6.07) is 0.0308. The molecule has 1 aliphatic carbocycles. The Balaban J connectivity index is 1.65. The first-order valence-electron chi connectivity index (χ1n) is 8.80. The van der Waals surface area contributed by atoms with Gasteiger partial charge >= 0.3 is 5.97 Å². The fraction of sp³-hybridized carbons (Fsp3) is 0.765. The minimum absolute atomic E-state index is 0.0308. The van der Waals surface area contributed by atoms with E-state index in [4.69, 9.17) is 9.52 Å². The molecule has 3 rings (SSSR count). The number of aromatic nitrogens is 2. The van der Waals surface area contributed by atoms with Gasteiger partial charge in [-0.1, -0.05) is 0 Å². The molecule has 24 heavy (non-hydrogen) atoms. The zero-order chi connectivity index (χ0) is 17.3. The molecular weight excluding hydrogens is 310 g/mol. The Morgan fingerprint density at radius 2 is 1.79 bits per heavy atom. The number of hydrogen-bond donors (Lipinski definition) is 1. The number of aryl methyl sites for hydroxylation is 1. The maximum Gasteiger partial charge on any atom is 0.306 e. The van der Waals surface area contributed by atoms with Gasteiger partial charge in [-0.25, -0.2) is 0 Å². The fourth-order valence-corrected chi connectivity index (χ4v) is 4.07.